The van der Waals surface area contributed by atoms with E-state index >= 15 is 0 Å². The van der Waals surface area contributed by atoms with Crippen molar-refractivity contribution in [1.82, 2.24) is 16.0 Å². The second kappa shape index (κ2) is 27.7. The Morgan fingerprint density at radius 2 is 1.24 bits per heavy atom. The highest BCUT2D eigenvalue weighted by atomic mass is 16.6. The van der Waals surface area contributed by atoms with Gasteiger partial charge in [0.2, 0.25) is 12.3 Å². The van der Waals surface area contributed by atoms with E-state index in [0.29, 0.717) is 69.6 Å². The fourth-order valence-corrected chi connectivity index (χ4v) is 2.44. The van der Waals surface area contributed by atoms with E-state index in [-0.39, 0.29) is 23.8 Å². The van der Waals surface area contributed by atoms with Crippen LogP contribution in [-0.2, 0) is 28.6 Å². The first-order valence-electron chi connectivity index (χ1n) is 13.1. The number of carbonyl (C=O) groups is 3. The van der Waals surface area contributed by atoms with Crippen LogP contribution >= 0.6 is 0 Å². The molecule has 0 aromatic carbocycles. The normalized spacial score (nSPS) is 13.2. The van der Waals surface area contributed by atoms with Gasteiger partial charge in [-0.25, -0.2) is 0 Å². The third kappa shape index (κ3) is 33.7. The zero-order valence-electron chi connectivity index (χ0n) is 25.2. The lowest BCUT2D eigenvalue weighted by Gasteiger charge is -2.22. The maximum Gasteiger partial charge on any atom is 0.246 e. The highest BCUT2D eigenvalue weighted by Gasteiger charge is 2.15. The van der Waals surface area contributed by atoms with E-state index in [4.69, 9.17) is 14.2 Å². The van der Waals surface area contributed by atoms with Crippen molar-refractivity contribution < 1.29 is 28.6 Å². The number of ether oxygens (including phenoxy) is 3. The Balaban J connectivity index is -0.00000116. The summed E-state index contributed by atoms with van der Waals surface area (Å²) in [6.45, 7) is 28.4. The lowest BCUT2D eigenvalue weighted by atomic mass is 10.2. The smallest absolute Gasteiger partial charge is 0.246 e. The maximum absolute atomic E-state index is 11.6. The summed E-state index contributed by atoms with van der Waals surface area (Å²) in [4.78, 5) is 31.4. The zero-order valence-corrected chi connectivity index (χ0v) is 25.2. The molecule has 9 heteroatoms. The lowest BCUT2D eigenvalue weighted by molar-refractivity contribution is -0.118. The summed E-state index contributed by atoms with van der Waals surface area (Å²) in [6, 6.07) is 0. The van der Waals surface area contributed by atoms with Crippen molar-refractivity contribution in [3.05, 3.63) is 36.5 Å². The third-order valence-corrected chi connectivity index (χ3v) is 4.33. The minimum atomic E-state index is -0.192. The Morgan fingerprint density at radius 1 is 0.789 bits per heavy atom. The van der Waals surface area contributed by atoms with Gasteiger partial charge >= 0.3 is 0 Å². The molecular formula is C29H55N3O6. The number of hydrogen-bond donors (Lipinski definition) is 3. The highest BCUT2D eigenvalue weighted by Crippen LogP contribution is 2.05. The van der Waals surface area contributed by atoms with Gasteiger partial charge in [0.25, 0.3) is 0 Å². The molecule has 0 aromatic rings. The van der Waals surface area contributed by atoms with Crippen molar-refractivity contribution in [2.24, 2.45) is 17.8 Å². The van der Waals surface area contributed by atoms with Crippen LogP contribution in [0.15, 0.2) is 36.5 Å². The van der Waals surface area contributed by atoms with Crippen molar-refractivity contribution >= 4 is 18.6 Å². The summed E-state index contributed by atoms with van der Waals surface area (Å²) >= 11 is 0. The minimum absolute atomic E-state index is 0.142. The van der Waals surface area contributed by atoms with Crippen LogP contribution in [0, 0.1) is 17.8 Å². The summed E-state index contributed by atoms with van der Waals surface area (Å²) < 4.78 is 17.6. The van der Waals surface area contributed by atoms with Gasteiger partial charge in [0.1, 0.15) is 12.4 Å². The van der Waals surface area contributed by atoms with Gasteiger partial charge in [-0.1, -0.05) is 39.5 Å². The van der Waals surface area contributed by atoms with Crippen LogP contribution in [0.4, 0.5) is 0 Å². The topological polar surface area (TPSA) is 115 Å². The number of nitrogens with one attached hydrogen (secondary N) is 3. The highest BCUT2D eigenvalue weighted by molar-refractivity contribution is 5.92. The van der Waals surface area contributed by atoms with Crippen molar-refractivity contribution in [1.29, 1.82) is 0 Å². The van der Waals surface area contributed by atoms with Crippen LogP contribution in [0.3, 0.4) is 0 Å². The summed E-state index contributed by atoms with van der Waals surface area (Å²) in [5.74, 6) is 0.636. The van der Waals surface area contributed by atoms with E-state index in [9.17, 15) is 14.4 Å². The minimum Gasteiger partial charge on any atom is -0.378 e. The standard InChI is InChI=1S/C21H41N3O5.C4H6O.C4H8/c1-16(2)21(26)24-9-19(5)12-29-20(13-27-10-17(3)7-22-6)14-28-11-18(4)8-23-15-25;1-4(2)3-5;1-4(2)3/h15,17-20,22H,1,7-14H2,2-6H3,(H,23,25)(H,24,26);3H,1H2,2H3;1H2,2-3H3. The van der Waals surface area contributed by atoms with E-state index in [0.717, 1.165) is 12.8 Å². The number of allylic oxidation sites excluding steroid dienone is 2. The fourth-order valence-electron chi connectivity index (χ4n) is 2.44. The summed E-state index contributed by atoms with van der Waals surface area (Å²) in [5, 5.41) is 8.62. The zero-order chi connectivity index (χ0) is 29.9. The molecule has 0 heterocycles. The first kappa shape index (κ1) is 40.2. The van der Waals surface area contributed by atoms with Gasteiger partial charge in [0.15, 0.2) is 0 Å². The van der Waals surface area contributed by atoms with Gasteiger partial charge in [0.05, 0.1) is 33.0 Å². The van der Waals surface area contributed by atoms with E-state index < -0.39 is 0 Å². The first-order chi connectivity index (χ1) is 17.8. The number of amides is 2. The molecule has 0 aromatic heterocycles. The predicted molar refractivity (Wildman–Crippen MR) is 156 cm³/mol. The van der Waals surface area contributed by atoms with Crippen molar-refractivity contribution in [2.45, 2.75) is 54.6 Å². The number of hydrogen-bond acceptors (Lipinski definition) is 7. The van der Waals surface area contributed by atoms with Crippen LogP contribution in [-0.4, -0.2) is 84.4 Å². The number of aldehydes is 1. The number of rotatable bonds is 20. The Labute approximate surface area is 231 Å². The van der Waals surface area contributed by atoms with Gasteiger partial charge in [-0.3, -0.25) is 14.4 Å². The molecule has 0 aliphatic carbocycles. The Morgan fingerprint density at radius 3 is 1.63 bits per heavy atom. The summed E-state index contributed by atoms with van der Waals surface area (Å²) in [6.07, 6.45) is 1.22. The first-order valence-corrected chi connectivity index (χ1v) is 13.1. The van der Waals surface area contributed by atoms with Crippen molar-refractivity contribution in [3.8, 4) is 0 Å². The maximum atomic E-state index is 11.6. The molecule has 0 rings (SSSR count). The molecule has 4 atom stereocenters. The van der Waals surface area contributed by atoms with Crippen molar-refractivity contribution in [2.75, 3.05) is 59.7 Å². The molecule has 0 fully saturated rings. The van der Waals surface area contributed by atoms with E-state index in [2.05, 4.69) is 42.6 Å². The van der Waals surface area contributed by atoms with E-state index in [1.54, 1.807) is 13.8 Å². The van der Waals surface area contributed by atoms with Gasteiger partial charge in [0, 0.05) is 18.7 Å². The van der Waals surface area contributed by atoms with Gasteiger partial charge in [-0.05, 0) is 64.6 Å². The van der Waals surface area contributed by atoms with Crippen molar-refractivity contribution in [3.63, 3.8) is 0 Å². The summed E-state index contributed by atoms with van der Waals surface area (Å²) in [7, 11) is 1.92. The largest absolute Gasteiger partial charge is 0.378 e. The molecule has 0 aliphatic heterocycles. The molecular weight excluding hydrogens is 486 g/mol. The Kier molecular flexibility index (Phi) is 29.3. The molecule has 0 aliphatic rings. The lowest BCUT2D eigenvalue weighted by Crippen LogP contribution is -2.34. The molecule has 0 bridgehead atoms. The molecule has 222 valence electrons. The average Bonchev–Trinajstić information content (AvgIpc) is 2.84. The summed E-state index contributed by atoms with van der Waals surface area (Å²) in [5.41, 5.74) is 2.23. The van der Waals surface area contributed by atoms with E-state index in [1.807, 2.05) is 34.7 Å². The molecule has 3 N–H and O–H groups in total. The monoisotopic (exact) mass is 541 g/mol. The number of carbonyl (C=O) groups excluding carboxylic acids is 3. The molecule has 0 spiro atoms. The molecule has 0 saturated heterocycles. The van der Waals surface area contributed by atoms with Gasteiger partial charge in [-0.15, -0.1) is 6.58 Å². The van der Waals surface area contributed by atoms with Crippen LogP contribution < -0.4 is 16.0 Å². The quantitative estimate of drug-likeness (QED) is 0.123. The van der Waals surface area contributed by atoms with Gasteiger partial charge < -0.3 is 30.2 Å². The van der Waals surface area contributed by atoms with Crippen LogP contribution in [0.2, 0.25) is 0 Å². The average molecular weight is 542 g/mol. The predicted octanol–water partition coefficient (Wildman–Crippen LogP) is 3.31. The Bertz CT molecular complexity index is 665. The van der Waals surface area contributed by atoms with E-state index in [1.165, 1.54) is 5.57 Å². The molecule has 4 unspecified atom stereocenters. The Hall–Kier alpha value is -2.33. The second-order valence-electron chi connectivity index (χ2n) is 10.1. The van der Waals surface area contributed by atoms with Crippen LogP contribution in [0.25, 0.3) is 0 Å². The fraction of sp³-hybridized carbons (Fsp3) is 0.690. The molecule has 38 heavy (non-hydrogen) atoms. The molecule has 0 saturated carbocycles. The van der Waals surface area contributed by atoms with Crippen LogP contribution in [0.1, 0.15) is 48.5 Å². The molecule has 2 amide bonds. The second-order valence-corrected chi connectivity index (χ2v) is 10.1. The third-order valence-electron chi connectivity index (χ3n) is 4.33. The molecule has 0 radical (unpaired) electrons. The molecule has 9 nitrogen and oxygen atoms in total. The van der Waals surface area contributed by atoms with Crippen LogP contribution in [0.5, 0.6) is 0 Å². The SMILES string of the molecule is C=C(C)C.C=C(C)C(=O)NCC(C)COC(COCC(C)CNC)COCC(C)CNC=O.C=C(C)C=O. The van der Waals surface area contributed by atoms with Gasteiger partial charge in [-0.2, -0.15) is 0 Å².